The number of hydrogen-bond acceptors (Lipinski definition) is 2. The molecule has 3 rings (SSSR count). The monoisotopic (exact) mass is 277 g/mol. The topological polar surface area (TPSA) is 21.1 Å². The van der Waals surface area contributed by atoms with Gasteiger partial charge in [0.1, 0.15) is 5.82 Å². The number of fused-ring (bicyclic) bond motifs is 1. The molecule has 0 saturated heterocycles. The molecule has 0 N–H and O–H groups in total. The maximum absolute atomic E-state index is 6.05. The lowest BCUT2D eigenvalue weighted by Gasteiger charge is -2.17. The summed E-state index contributed by atoms with van der Waals surface area (Å²) in [5, 5.41) is 0. The van der Waals surface area contributed by atoms with Crippen LogP contribution in [0.2, 0.25) is 0 Å². The Labute approximate surface area is 119 Å². The first-order chi connectivity index (χ1) is 9.20. The van der Waals surface area contributed by atoms with Gasteiger partial charge in [-0.05, 0) is 38.4 Å². The summed E-state index contributed by atoms with van der Waals surface area (Å²) in [5.74, 6) is 1.46. The van der Waals surface area contributed by atoms with Crippen LogP contribution in [0.25, 0.3) is 11.0 Å². The molecule has 1 aliphatic carbocycles. The van der Waals surface area contributed by atoms with Crippen LogP contribution >= 0.6 is 11.6 Å². The maximum Gasteiger partial charge on any atom is 0.124 e. The molecule has 2 aromatic rings. The van der Waals surface area contributed by atoms with E-state index in [0.717, 1.165) is 30.5 Å². The fourth-order valence-corrected chi connectivity index (χ4v) is 2.92. The van der Waals surface area contributed by atoms with Crippen molar-refractivity contribution >= 4 is 22.6 Å². The van der Waals surface area contributed by atoms with E-state index in [0.29, 0.717) is 5.88 Å². The van der Waals surface area contributed by atoms with Crippen molar-refractivity contribution in [1.82, 2.24) is 14.5 Å². The van der Waals surface area contributed by atoms with Gasteiger partial charge in [-0.25, -0.2) is 4.98 Å². The largest absolute Gasteiger partial charge is 0.325 e. The van der Waals surface area contributed by atoms with Crippen LogP contribution < -0.4 is 0 Å². The minimum atomic E-state index is 0.473. The molecule has 0 atom stereocenters. The van der Waals surface area contributed by atoms with Gasteiger partial charge < -0.3 is 9.47 Å². The number of hydrogen-bond donors (Lipinski definition) is 0. The first kappa shape index (κ1) is 12.9. The molecule has 0 amide bonds. The molecule has 1 fully saturated rings. The van der Waals surface area contributed by atoms with Gasteiger partial charge in [0.05, 0.1) is 16.9 Å². The first-order valence-corrected chi connectivity index (χ1v) is 7.45. The number of imidazole rings is 1. The van der Waals surface area contributed by atoms with E-state index in [2.05, 4.69) is 46.6 Å². The van der Waals surface area contributed by atoms with Crippen LogP contribution in [-0.4, -0.2) is 34.1 Å². The van der Waals surface area contributed by atoms with Gasteiger partial charge in [0, 0.05) is 19.1 Å². The van der Waals surface area contributed by atoms with Crippen molar-refractivity contribution < 1.29 is 0 Å². The van der Waals surface area contributed by atoms with Gasteiger partial charge in [0.2, 0.25) is 0 Å². The number of rotatable bonds is 5. The summed E-state index contributed by atoms with van der Waals surface area (Å²) < 4.78 is 2.29. The molecule has 4 heteroatoms. The molecule has 0 aliphatic heterocycles. The van der Waals surface area contributed by atoms with Crippen molar-refractivity contribution in [2.45, 2.75) is 38.2 Å². The van der Waals surface area contributed by atoms with E-state index in [4.69, 9.17) is 11.6 Å². The van der Waals surface area contributed by atoms with Gasteiger partial charge in [0.25, 0.3) is 0 Å². The Kier molecular flexibility index (Phi) is 3.50. The predicted molar refractivity (Wildman–Crippen MR) is 79.7 cm³/mol. The summed E-state index contributed by atoms with van der Waals surface area (Å²) in [7, 11) is 2.21. The minimum Gasteiger partial charge on any atom is -0.325 e. The standard InChI is InChI=1S/C15H20ClN3/c1-11-4-3-5-13-15(11)19(14(10-16)17-13)9-8-18(2)12-6-7-12/h3-5,12H,6-10H2,1-2H3. The van der Waals surface area contributed by atoms with Crippen molar-refractivity contribution in [3.05, 3.63) is 29.6 Å². The van der Waals surface area contributed by atoms with Crippen molar-refractivity contribution in [3.63, 3.8) is 0 Å². The maximum atomic E-state index is 6.05. The van der Waals surface area contributed by atoms with E-state index in [9.17, 15) is 0 Å². The second-order valence-electron chi connectivity index (χ2n) is 5.47. The van der Waals surface area contributed by atoms with Gasteiger partial charge in [-0.2, -0.15) is 0 Å². The number of alkyl halides is 1. The highest BCUT2D eigenvalue weighted by Gasteiger charge is 2.25. The van der Waals surface area contributed by atoms with Crippen LogP contribution in [0.15, 0.2) is 18.2 Å². The number of para-hydroxylation sites is 1. The van der Waals surface area contributed by atoms with Gasteiger partial charge in [-0.15, -0.1) is 11.6 Å². The Morgan fingerprint density at radius 1 is 1.42 bits per heavy atom. The molecule has 0 unspecified atom stereocenters. The Bertz CT molecular complexity index is 586. The third kappa shape index (κ3) is 2.49. The van der Waals surface area contributed by atoms with Gasteiger partial charge in [-0.3, -0.25) is 0 Å². The summed E-state index contributed by atoms with van der Waals surface area (Å²) >= 11 is 6.05. The Hall–Kier alpha value is -1.06. The van der Waals surface area contributed by atoms with Crippen LogP contribution in [0.4, 0.5) is 0 Å². The molecule has 1 aromatic heterocycles. The highest BCUT2D eigenvalue weighted by Crippen LogP contribution is 2.26. The summed E-state index contributed by atoms with van der Waals surface area (Å²) in [4.78, 5) is 7.09. The average molecular weight is 278 g/mol. The average Bonchev–Trinajstić information content (AvgIpc) is 3.18. The molecular formula is C15H20ClN3. The molecule has 0 bridgehead atoms. The third-order valence-electron chi connectivity index (χ3n) is 4.01. The lowest BCUT2D eigenvalue weighted by atomic mass is 10.2. The number of aromatic nitrogens is 2. The first-order valence-electron chi connectivity index (χ1n) is 6.91. The Balaban J connectivity index is 1.91. The quantitative estimate of drug-likeness (QED) is 0.783. The fraction of sp³-hybridized carbons (Fsp3) is 0.533. The molecule has 1 saturated carbocycles. The van der Waals surface area contributed by atoms with Crippen LogP contribution in [0.5, 0.6) is 0 Å². The Morgan fingerprint density at radius 2 is 2.21 bits per heavy atom. The molecule has 3 nitrogen and oxygen atoms in total. The van der Waals surface area contributed by atoms with Crippen molar-refractivity contribution in [2.24, 2.45) is 0 Å². The highest BCUT2D eigenvalue weighted by molar-refractivity contribution is 6.16. The molecule has 1 aromatic carbocycles. The van der Waals surface area contributed by atoms with Gasteiger partial charge >= 0.3 is 0 Å². The second kappa shape index (κ2) is 5.14. The summed E-state index contributed by atoms with van der Waals surface area (Å²) in [6, 6.07) is 7.07. The second-order valence-corrected chi connectivity index (χ2v) is 5.73. The summed E-state index contributed by atoms with van der Waals surface area (Å²) in [5.41, 5.74) is 3.57. The fourth-order valence-electron chi connectivity index (χ4n) is 2.71. The molecule has 0 spiro atoms. The van der Waals surface area contributed by atoms with Crippen LogP contribution in [0.1, 0.15) is 24.2 Å². The zero-order chi connectivity index (χ0) is 13.4. The molecular weight excluding hydrogens is 258 g/mol. The number of aryl methyl sites for hydroxylation is 1. The molecule has 19 heavy (non-hydrogen) atoms. The molecule has 102 valence electrons. The van der Waals surface area contributed by atoms with E-state index in [-0.39, 0.29) is 0 Å². The number of likely N-dealkylation sites (N-methyl/N-ethyl adjacent to an activating group) is 1. The zero-order valence-corrected chi connectivity index (χ0v) is 12.3. The SMILES string of the molecule is Cc1cccc2nc(CCl)n(CCN(C)C3CC3)c12. The van der Waals surface area contributed by atoms with E-state index in [1.807, 2.05) is 0 Å². The lowest BCUT2D eigenvalue weighted by molar-refractivity contribution is 0.309. The van der Waals surface area contributed by atoms with E-state index >= 15 is 0 Å². The molecule has 1 heterocycles. The predicted octanol–water partition coefficient (Wildman–Crippen LogP) is 3.18. The van der Waals surface area contributed by atoms with Gasteiger partial charge in [0.15, 0.2) is 0 Å². The Morgan fingerprint density at radius 3 is 2.89 bits per heavy atom. The van der Waals surface area contributed by atoms with E-state index in [1.54, 1.807) is 0 Å². The number of halogens is 1. The zero-order valence-electron chi connectivity index (χ0n) is 11.6. The third-order valence-corrected chi connectivity index (χ3v) is 4.25. The summed E-state index contributed by atoms with van der Waals surface area (Å²) in [6.45, 7) is 4.17. The van der Waals surface area contributed by atoms with Crippen LogP contribution in [0.3, 0.4) is 0 Å². The van der Waals surface area contributed by atoms with Gasteiger partial charge in [-0.1, -0.05) is 12.1 Å². The molecule has 0 radical (unpaired) electrons. The smallest absolute Gasteiger partial charge is 0.124 e. The number of nitrogens with zero attached hydrogens (tertiary/aromatic N) is 3. The lowest BCUT2D eigenvalue weighted by Crippen LogP contribution is -2.25. The molecule has 1 aliphatic rings. The van der Waals surface area contributed by atoms with Crippen LogP contribution in [-0.2, 0) is 12.4 Å². The highest BCUT2D eigenvalue weighted by atomic mass is 35.5. The van der Waals surface area contributed by atoms with E-state index < -0.39 is 0 Å². The van der Waals surface area contributed by atoms with Crippen molar-refractivity contribution in [1.29, 1.82) is 0 Å². The minimum absolute atomic E-state index is 0.473. The van der Waals surface area contributed by atoms with Crippen LogP contribution in [0, 0.1) is 6.92 Å². The normalized spacial score (nSPS) is 15.6. The summed E-state index contributed by atoms with van der Waals surface area (Å²) in [6.07, 6.45) is 2.70. The van der Waals surface area contributed by atoms with Crippen molar-refractivity contribution in [2.75, 3.05) is 13.6 Å². The van der Waals surface area contributed by atoms with Crippen molar-refractivity contribution in [3.8, 4) is 0 Å². The number of benzene rings is 1. The van der Waals surface area contributed by atoms with E-state index in [1.165, 1.54) is 23.9 Å².